The zero-order valence-electron chi connectivity index (χ0n) is 16.6. The van der Waals surface area contributed by atoms with E-state index < -0.39 is 0 Å². The van der Waals surface area contributed by atoms with Gasteiger partial charge < -0.3 is 14.7 Å². The van der Waals surface area contributed by atoms with Gasteiger partial charge in [0.1, 0.15) is 0 Å². The summed E-state index contributed by atoms with van der Waals surface area (Å²) >= 11 is 0. The van der Waals surface area contributed by atoms with E-state index >= 15 is 0 Å². The summed E-state index contributed by atoms with van der Waals surface area (Å²) in [5, 5.41) is 8.77. The van der Waals surface area contributed by atoms with Gasteiger partial charge in [0.15, 0.2) is 11.6 Å². The van der Waals surface area contributed by atoms with Crippen molar-refractivity contribution in [3.05, 3.63) is 47.5 Å². The minimum Gasteiger partial charge on any atom is -0.356 e. The fourth-order valence-electron chi connectivity index (χ4n) is 3.50. The molecule has 0 spiro atoms. The highest BCUT2D eigenvalue weighted by Gasteiger charge is 2.22. The number of carbonyl (C=O) groups is 1. The van der Waals surface area contributed by atoms with Gasteiger partial charge in [-0.05, 0) is 38.5 Å². The molecule has 0 N–H and O–H groups in total. The fraction of sp³-hybridized carbons (Fsp3) is 0.476. The molecule has 144 valence electrons. The molecule has 0 unspecified atom stereocenters. The predicted octanol–water partition coefficient (Wildman–Crippen LogP) is 2.52. The number of aromatic nitrogens is 2. The summed E-state index contributed by atoms with van der Waals surface area (Å²) < 4.78 is 0. The second kappa shape index (κ2) is 8.84. The Balaban J connectivity index is 1.54. The van der Waals surface area contributed by atoms with Crippen molar-refractivity contribution in [2.45, 2.75) is 27.2 Å². The highest BCUT2D eigenvalue weighted by Crippen LogP contribution is 2.17. The van der Waals surface area contributed by atoms with Crippen molar-refractivity contribution in [3.63, 3.8) is 0 Å². The number of amides is 1. The number of aryl methyl sites for hydroxylation is 1. The van der Waals surface area contributed by atoms with Gasteiger partial charge >= 0.3 is 0 Å². The molecule has 1 aliphatic rings. The number of hydrogen-bond acceptors (Lipinski definition) is 5. The zero-order chi connectivity index (χ0) is 19.2. The SMILES string of the molecule is CCN(CC)c1ccc(N2CCN(C(=O)Cc3cccc(C)c3)CC2)nn1. The van der Waals surface area contributed by atoms with Crippen LogP contribution < -0.4 is 9.80 Å². The summed E-state index contributed by atoms with van der Waals surface area (Å²) in [6, 6.07) is 12.2. The van der Waals surface area contributed by atoms with Crippen molar-refractivity contribution in [2.24, 2.45) is 0 Å². The van der Waals surface area contributed by atoms with Gasteiger partial charge in [-0.15, -0.1) is 10.2 Å². The first-order chi connectivity index (χ1) is 13.1. The third kappa shape index (κ3) is 4.76. The van der Waals surface area contributed by atoms with Crippen LogP contribution in [0.15, 0.2) is 36.4 Å². The minimum atomic E-state index is 0.197. The molecule has 0 radical (unpaired) electrons. The Morgan fingerprint density at radius 1 is 1.04 bits per heavy atom. The van der Waals surface area contributed by atoms with E-state index in [4.69, 9.17) is 0 Å². The third-order valence-electron chi connectivity index (χ3n) is 5.12. The van der Waals surface area contributed by atoms with Crippen LogP contribution in [0.25, 0.3) is 0 Å². The Kier molecular flexibility index (Phi) is 6.27. The molecule has 2 aromatic rings. The number of anilines is 2. The molecule has 3 rings (SSSR count). The third-order valence-corrected chi connectivity index (χ3v) is 5.12. The highest BCUT2D eigenvalue weighted by atomic mass is 16.2. The van der Waals surface area contributed by atoms with E-state index in [1.54, 1.807) is 0 Å². The van der Waals surface area contributed by atoms with E-state index in [0.29, 0.717) is 6.42 Å². The molecule has 1 saturated heterocycles. The standard InChI is InChI=1S/C21H29N5O/c1-4-24(5-2)19-9-10-20(23-22-19)25-11-13-26(14-12-25)21(27)16-18-8-6-7-17(3)15-18/h6-10,15H,4-5,11-14,16H2,1-3H3. The summed E-state index contributed by atoms with van der Waals surface area (Å²) in [5.74, 6) is 2.00. The van der Waals surface area contributed by atoms with Crippen LogP contribution in [-0.2, 0) is 11.2 Å². The molecule has 1 aromatic heterocycles. The predicted molar refractivity (Wildman–Crippen MR) is 109 cm³/mol. The van der Waals surface area contributed by atoms with Gasteiger partial charge in [-0.25, -0.2) is 0 Å². The number of benzene rings is 1. The van der Waals surface area contributed by atoms with Crippen LogP contribution in [0.1, 0.15) is 25.0 Å². The zero-order valence-corrected chi connectivity index (χ0v) is 16.6. The van der Waals surface area contributed by atoms with Crippen LogP contribution in [0.3, 0.4) is 0 Å². The molecule has 1 amide bonds. The highest BCUT2D eigenvalue weighted by molar-refractivity contribution is 5.79. The van der Waals surface area contributed by atoms with Crippen molar-refractivity contribution in [3.8, 4) is 0 Å². The van der Waals surface area contributed by atoms with E-state index in [-0.39, 0.29) is 5.91 Å². The number of carbonyl (C=O) groups excluding carboxylic acids is 1. The van der Waals surface area contributed by atoms with E-state index in [1.165, 1.54) is 5.56 Å². The van der Waals surface area contributed by atoms with Crippen LogP contribution in [0.5, 0.6) is 0 Å². The number of piperazine rings is 1. The average Bonchev–Trinajstić information content (AvgIpc) is 2.70. The van der Waals surface area contributed by atoms with Crippen molar-refractivity contribution in [1.29, 1.82) is 0 Å². The molecule has 0 bridgehead atoms. The van der Waals surface area contributed by atoms with Gasteiger partial charge in [0.2, 0.25) is 5.91 Å². The van der Waals surface area contributed by atoms with Crippen LogP contribution in [0.4, 0.5) is 11.6 Å². The van der Waals surface area contributed by atoms with Crippen LogP contribution in [-0.4, -0.2) is 60.3 Å². The Bertz CT molecular complexity index is 749. The molecular formula is C21H29N5O. The van der Waals surface area contributed by atoms with E-state index in [0.717, 1.165) is 56.5 Å². The minimum absolute atomic E-state index is 0.197. The number of hydrogen-bond donors (Lipinski definition) is 0. The summed E-state index contributed by atoms with van der Waals surface area (Å²) in [7, 11) is 0. The van der Waals surface area contributed by atoms with Crippen molar-refractivity contribution < 1.29 is 4.79 Å². The van der Waals surface area contributed by atoms with Gasteiger partial charge in [0.25, 0.3) is 0 Å². The Morgan fingerprint density at radius 2 is 1.78 bits per heavy atom. The summed E-state index contributed by atoms with van der Waals surface area (Å²) in [5.41, 5.74) is 2.28. The lowest BCUT2D eigenvalue weighted by molar-refractivity contribution is -0.130. The Morgan fingerprint density at radius 3 is 2.37 bits per heavy atom. The number of nitrogens with zero attached hydrogens (tertiary/aromatic N) is 5. The molecule has 2 heterocycles. The fourth-order valence-corrected chi connectivity index (χ4v) is 3.50. The van der Waals surface area contributed by atoms with Crippen LogP contribution in [0, 0.1) is 6.92 Å². The maximum Gasteiger partial charge on any atom is 0.227 e. The van der Waals surface area contributed by atoms with Crippen LogP contribution >= 0.6 is 0 Å². The summed E-state index contributed by atoms with van der Waals surface area (Å²) in [4.78, 5) is 18.9. The first kappa shape index (κ1) is 19.1. The molecule has 0 atom stereocenters. The maximum absolute atomic E-state index is 12.6. The molecule has 1 aliphatic heterocycles. The van der Waals surface area contributed by atoms with E-state index in [9.17, 15) is 4.79 Å². The lowest BCUT2D eigenvalue weighted by Crippen LogP contribution is -2.49. The quantitative estimate of drug-likeness (QED) is 0.785. The average molecular weight is 367 g/mol. The van der Waals surface area contributed by atoms with Crippen molar-refractivity contribution in [2.75, 3.05) is 49.1 Å². The number of rotatable bonds is 6. The molecule has 1 aromatic carbocycles. The first-order valence-corrected chi connectivity index (χ1v) is 9.77. The molecule has 0 saturated carbocycles. The Labute approximate surface area is 161 Å². The lowest BCUT2D eigenvalue weighted by atomic mass is 10.1. The van der Waals surface area contributed by atoms with Gasteiger partial charge in [0.05, 0.1) is 6.42 Å². The van der Waals surface area contributed by atoms with Gasteiger partial charge in [-0.1, -0.05) is 29.8 Å². The van der Waals surface area contributed by atoms with Crippen molar-refractivity contribution >= 4 is 17.5 Å². The van der Waals surface area contributed by atoms with Crippen LogP contribution in [0.2, 0.25) is 0 Å². The summed E-state index contributed by atoms with van der Waals surface area (Å²) in [6.07, 6.45) is 0.472. The molecule has 1 fully saturated rings. The normalized spacial score (nSPS) is 14.3. The van der Waals surface area contributed by atoms with Gasteiger partial charge in [-0.3, -0.25) is 4.79 Å². The first-order valence-electron chi connectivity index (χ1n) is 9.77. The molecular weight excluding hydrogens is 338 g/mol. The second-order valence-corrected chi connectivity index (χ2v) is 6.96. The topological polar surface area (TPSA) is 52.6 Å². The van der Waals surface area contributed by atoms with Gasteiger partial charge in [-0.2, -0.15) is 0 Å². The second-order valence-electron chi connectivity index (χ2n) is 6.96. The molecule has 27 heavy (non-hydrogen) atoms. The van der Waals surface area contributed by atoms with Crippen molar-refractivity contribution in [1.82, 2.24) is 15.1 Å². The smallest absolute Gasteiger partial charge is 0.227 e. The largest absolute Gasteiger partial charge is 0.356 e. The van der Waals surface area contributed by atoms with Gasteiger partial charge in [0, 0.05) is 39.3 Å². The van der Waals surface area contributed by atoms with E-state index in [2.05, 4.69) is 52.9 Å². The monoisotopic (exact) mass is 367 g/mol. The summed E-state index contributed by atoms with van der Waals surface area (Å²) in [6.45, 7) is 11.2. The Hall–Kier alpha value is -2.63. The maximum atomic E-state index is 12.6. The lowest BCUT2D eigenvalue weighted by Gasteiger charge is -2.35. The van der Waals surface area contributed by atoms with E-state index in [1.807, 2.05) is 29.2 Å². The molecule has 6 nitrogen and oxygen atoms in total. The molecule has 6 heteroatoms. The molecule has 0 aliphatic carbocycles.